The number of Topliss-reactive ketones (excluding diaryl/α,β-unsaturated/α-hetero) is 1. The van der Waals surface area contributed by atoms with E-state index in [4.69, 9.17) is 27.9 Å². The maximum atomic E-state index is 14.2. The summed E-state index contributed by atoms with van der Waals surface area (Å²) in [6.45, 7) is 0.116. The van der Waals surface area contributed by atoms with Crippen LogP contribution in [0.4, 0.5) is 18.9 Å². The van der Waals surface area contributed by atoms with E-state index < -0.39 is 77.7 Å². The second kappa shape index (κ2) is 13.7. The van der Waals surface area contributed by atoms with Gasteiger partial charge in [-0.25, -0.2) is 8.78 Å². The fraction of sp³-hybridized carbons (Fsp3) is 0.346. The van der Waals surface area contributed by atoms with Gasteiger partial charge < -0.3 is 25.4 Å². The Kier molecular flexibility index (Phi) is 10.6. The van der Waals surface area contributed by atoms with Crippen LogP contribution in [0.1, 0.15) is 24.8 Å². The molecule has 1 saturated heterocycles. The van der Waals surface area contributed by atoms with Crippen LogP contribution >= 0.6 is 23.2 Å². The zero-order valence-electron chi connectivity index (χ0n) is 21.4. The molecule has 0 unspecified atom stereocenters. The van der Waals surface area contributed by atoms with Gasteiger partial charge in [0.15, 0.2) is 23.2 Å². The van der Waals surface area contributed by atoms with E-state index in [2.05, 4.69) is 10.6 Å². The first kappa shape index (κ1) is 31.7. The minimum atomic E-state index is -1.66. The summed E-state index contributed by atoms with van der Waals surface area (Å²) >= 11 is 11.9. The fourth-order valence-electron chi connectivity index (χ4n) is 4.04. The molecule has 2 aromatic rings. The number of aliphatic carboxylic acids is 1. The number of carboxylic acids is 1. The average Bonchev–Trinajstić information content (AvgIpc) is 2.92. The number of benzene rings is 2. The highest BCUT2D eigenvalue weighted by atomic mass is 35.5. The zero-order chi connectivity index (χ0) is 30.4. The van der Waals surface area contributed by atoms with Gasteiger partial charge in [0.2, 0.25) is 11.7 Å². The van der Waals surface area contributed by atoms with Crippen LogP contribution in [0.15, 0.2) is 24.3 Å². The maximum Gasteiger partial charge on any atom is 0.313 e. The van der Waals surface area contributed by atoms with Crippen molar-refractivity contribution in [1.82, 2.24) is 10.2 Å². The number of likely N-dealkylation sites (tertiary alicyclic amines) is 1. The van der Waals surface area contributed by atoms with Gasteiger partial charge in [0.05, 0.1) is 17.1 Å². The van der Waals surface area contributed by atoms with E-state index in [-0.39, 0.29) is 42.2 Å². The standard InChI is InChI=1S/C26H24Cl2F3N3O7/c1-12-8-16(29)22(31)23(21(12)30)41-11-19(35)18(10-20(36)37)33-24(38)13-4-6-34(7-5-13)26(40)25(39)32-17-9-14(27)2-3-15(17)28/h2-3,8-9,13,18H,4-7,10-11H2,1H3,(H,32,39)(H,33,38)(H,36,37)/t18-/m0/s1. The van der Waals surface area contributed by atoms with E-state index in [1.165, 1.54) is 23.1 Å². The van der Waals surface area contributed by atoms with Crippen LogP contribution in [0, 0.1) is 30.3 Å². The number of hydrogen-bond donors (Lipinski definition) is 3. The first-order valence-electron chi connectivity index (χ1n) is 12.2. The maximum absolute atomic E-state index is 14.2. The number of ketones is 1. The van der Waals surface area contributed by atoms with E-state index >= 15 is 0 Å². The number of carbonyl (C=O) groups excluding carboxylic acids is 4. The van der Waals surface area contributed by atoms with Crippen molar-refractivity contribution >= 4 is 58.4 Å². The SMILES string of the molecule is Cc1cc(F)c(F)c(OCC(=O)[C@H](CC(=O)O)NC(=O)C2CCN(C(=O)C(=O)Nc3cc(Cl)ccc3Cl)CC2)c1F. The van der Waals surface area contributed by atoms with Gasteiger partial charge in [0, 0.05) is 24.0 Å². The Morgan fingerprint density at radius 2 is 1.73 bits per heavy atom. The molecule has 0 radical (unpaired) electrons. The molecule has 10 nitrogen and oxygen atoms in total. The minimum absolute atomic E-state index is 0.00570. The second-order valence-corrected chi connectivity index (χ2v) is 10.0. The van der Waals surface area contributed by atoms with E-state index in [1.807, 2.05) is 0 Å². The van der Waals surface area contributed by atoms with Gasteiger partial charge in [-0.3, -0.25) is 24.0 Å². The summed E-state index contributed by atoms with van der Waals surface area (Å²) in [6.07, 6.45) is -0.677. The molecule has 41 heavy (non-hydrogen) atoms. The van der Waals surface area contributed by atoms with E-state index in [1.54, 1.807) is 0 Å². The third-order valence-electron chi connectivity index (χ3n) is 6.26. The van der Waals surface area contributed by atoms with Gasteiger partial charge in [-0.15, -0.1) is 0 Å². The smallest absolute Gasteiger partial charge is 0.313 e. The molecule has 1 aliphatic heterocycles. The Morgan fingerprint density at radius 3 is 2.37 bits per heavy atom. The lowest BCUT2D eigenvalue weighted by Crippen LogP contribution is -2.50. The predicted molar refractivity (Wildman–Crippen MR) is 140 cm³/mol. The molecule has 15 heteroatoms. The van der Waals surface area contributed by atoms with E-state index in [9.17, 15) is 42.3 Å². The number of anilines is 1. The van der Waals surface area contributed by atoms with E-state index in [0.717, 1.165) is 6.92 Å². The summed E-state index contributed by atoms with van der Waals surface area (Å²) in [5.74, 6) is -11.2. The highest BCUT2D eigenvalue weighted by molar-refractivity contribution is 6.42. The molecule has 1 fully saturated rings. The highest BCUT2D eigenvalue weighted by Crippen LogP contribution is 2.28. The van der Waals surface area contributed by atoms with Crippen molar-refractivity contribution in [3.63, 3.8) is 0 Å². The number of rotatable bonds is 9. The molecule has 2 aromatic carbocycles. The number of hydrogen-bond acceptors (Lipinski definition) is 6. The number of carbonyl (C=O) groups is 5. The highest BCUT2D eigenvalue weighted by Gasteiger charge is 2.33. The predicted octanol–water partition coefficient (Wildman–Crippen LogP) is 3.50. The number of amides is 3. The Labute approximate surface area is 241 Å². The molecule has 0 bridgehead atoms. The lowest BCUT2D eigenvalue weighted by Gasteiger charge is -2.31. The Morgan fingerprint density at radius 1 is 1.07 bits per heavy atom. The monoisotopic (exact) mass is 617 g/mol. The molecule has 1 heterocycles. The quantitative estimate of drug-likeness (QED) is 0.289. The van der Waals surface area contributed by atoms with Gasteiger partial charge in [0.1, 0.15) is 12.6 Å². The van der Waals surface area contributed by atoms with Crippen molar-refractivity contribution in [1.29, 1.82) is 0 Å². The second-order valence-electron chi connectivity index (χ2n) is 9.19. The molecule has 3 amide bonds. The zero-order valence-corrected chi connectivity index (χ0v) is 23.0. The van der Waals surface area contributed by atoms with Crippen molar-refractivity contribution in [2.75, 3.05) is 25.0 Å². The van der Waals surface area contributed by atoms with E-state index in [0.29, 0.717) is 11.1 Å². The van der Waals surface area contributed by atoms with Crippen LogP contribution in [0.3, 0.4) is 0 Å². The fourth-order valence-corrected chi connectivity index (χ4v) is 4.38. The number of nitrogens with one attached hydrogen (secondary N) is 2. The summed E-state index contributed by atoms with van der Waals surface area (Å²) in [5.41, 5.74) is -0.139. The molecule has 3 rings (SSSR count). The summed E-state index contributed by atoms with van der Waals surface area (Å²) in [5, 5.41) is 14.3. The third kappa shape index (κ3) is 8.10. The Balaban J connectivity index is 1.57. The molecule has 0 spiro atoms. The Hall–Kier alpha value is -3.84. The first-order chi connectivity index (χ1) is 19.3. The summed E-state index contributed by atoms with van der Waals surface area (Å²) in [4.78, 5) is 62.9. The molecule has 1 atom stereocenters. The van der Waals surface area contributed by atoms with Crippen LogP contribution in [-0.4, -0.2) is 65.2 Å². The van der Waals surface area contributed by atoms with Gasteiger partial charge >= 0.3 is 17.8 Å². The van der Waals surface area contributed by atoms with Crippen molar-refractivity contribution < 1.29 is 47.0 Å². The van der Waals surface area contributed by atoms with Gasteiger partial charge in [-0.05, 0) is 49.6 Å². The van der Waals surface area contributed by atoms with Gasteiger partial charge in [-0.1, -0.05) is 23.2 Å². The number of piperidine rings is 1. The molecular weight excluding hydrogens is 594 g/mol. The van der Waals surface area contributed by atoms with Gasteiger partial charge in [-0.2, -0.15) is 4.39 Å². The van der Waals surface area contributed by atoms with Crippen molar-refractivity contribution in [3.05, 3.63) is 57.3 Å². The number of ether oxygens (including phenoxy) is 1. The number of carboxylic acid groups (broad SMARTS) is 1. The molecule has 220 valence electrons. The van der Waals surface area contributed by atoms with Crippen molar-refractivity contribution in [2.45, 2.75) is 32.2 Å². The van der Waals surface area contributed by atoms with Crippen molar-refractivity contribution in [2.24, 2.45) is 5.92 Å². The number of aryl methyl sites for hydroxylation is 1. The van der Waals surface area contributed by atoms with Crippen LogP contribution in [0.2, 0.25) is 10.0 Å². The number of halogens is 5. The molecular formula is C26H24Cl2F3N3O7. The lowest BCUT2D eigenvalue weighted by atomic mass is 9.95. The molecule has 0 saturated carbocycles. The minimum Gasteiger partial charge on any atom is -0.481 e. The van der Waals surface area contributed by atoms with Crippen molar-refractivity contribution in [3.8, 4) is 5.75 Å². The largest absolute Gasteiger partial charge is 0.481 e. The Bertz CT molecular complexity index is 1360. The molecule has 0 aliphatic carbocycles. The summed E-state index contributed by atoms with van der Waals surface area (Å²) in [7, 11) is 0. The van der Waals surface area contributed by atoms with Crippen LogP contribution in [-0.2, 0) is 24.0 Å². The third-order valence-corrected chi connectivity index (χ3v) is 6.83. The lowest BCUT2D eigenvalue weighted by molar-refractivity contribution is -0.145. The molecule has 3 N–H and O–H groups in total. The van der Waals surface area contributed by atoms with Crippen LogP contribution in [0.5, 0.6) is 5.75 Å². The molecule has 0 aromatic heterocycles. The molecule has 1 aliphatic rings. The van der Waals surface area contributed by atoms with Crippen LogP contribution in [0.25, 0.3) is 0 Å². The number of nitrogens with zero attached hydrogens (tertiary/aromatic N) is 1. The van der Waals surface area contributed by atoms with Gasteiger partial charge in [0.25, 0.3) is 0 Å². The topological polar surface area (TPSA) is 142 Å². The summed E-state index contributed by atoms with van der Waals surface area (Å²) in [6, 6.07) is 3.31. The normalized spacial score (nSPS) is 14.2. The summed E-state index contributed by atoms with van der Waals surface area (Å²) < 4.78 is 46.5. The first-order valence-corrected chi connectivity index (χ1v) is 12.9. The average molecular weight is 618 g/mol. The van der Waals surface area contributed by atoms with Crippen LogP contribution < -0.4 is 15.4 Å².